The summed E-state index contributed by atoms with van der Waals surface area (Å²) in [5.41, 5.74) is -2.58. The molecule has 12 heavy (non-hydrogen) atoms. The molecule has 0 aromatic carbocycles. The number of methoxy groups -OCH3 is 1. The van der Waals surface area contributed by atoms with Crippen molar-refractivity contribution >= 4 is 11.8 Å². The van der Waals surface area contributed by atoms with E-state index >= 15 is 0 Å². The Bertz CT molecular complexity index is 205. The zero-order valence-corrected chi connectivity index (χ0v) is 6.63. The van der Waals surface area contributed by atoms with Gasteiger partial charge in [-0.2, -0.15) is 0 Å². The van der Waals surface area contributed by atoms with Gasteiger partial charge in [0.15, 0.2) is 5.78 Å². The number of ether oxygens (including phenoxy) is 2. The number of hydrogen-bond acceptors (Lipinski definition) is 4. The summed E-state index contributed by atoms with van der Waals surface area (Å²) in [7, 11) is 1.03. The molecule has 0 amide bonds. The predicted molar refractivity (Wildman–Crippen MR) is 36.3 cm³/mol. The van der Waals surface area contributed by atoms with Crippen LogP contribution in [0.15, 0.2) is 0 Å². The summed E-state index contributed by atoms with van der Waals surface area (Å²) in [5, 5.41) is 0. The lowest BCUT2D eigenvalue weighted by atomic mass is 9.97. The van der Waals surface area contributed by atoms with Gasteiger partial charge in [0.25, 0.3) is 5.67 Å². The van der Waals surface area contributed by atoms with E-state index in [0.717, 1.165) is 7.11 Å². The van der Waals surface area contributed by atoms with Crippen molar-refractivity contribution in [2.24, 2.45) is 0 Å². The second kappa shape index (κ2) is 3.18. The van der Waals surface area contributed by atoms with E-state index in [2.05, 4.69) is 9.47 Å². The summed E-state index contributed by atoms with van der Waals surface area (Å²) in [6, 6.07) is 0. The van der Waals surface area contributed by atoms with Crippen LogP contribution in [0.1, 0.15) is 6.42 Å². The second-order valence-electron chi connectivity index (χ2n) is 2.52. The molecule has 5 heteroatoms. The quantitative estimate of drug-likeness (QED) is 0.412. The Kier molecular flexibility index (Phi) is 2.42. The molecule has 0 bridgehead atoms. The van der Waals surface area contributed by atoms with Crippen molar-refractivity contribution in [3.8, 4) is 0 Å². The Labute approximate surface area is 68.6 Å². The highest BCUT2D eigenvalue weighted by Crippen LogP contribution is 2.21. The molecule has 0 aromatic rings. The van der Waals surface area contributed by atoms with Crippen molar-refractivity contribution in [2.45, 2.75) is 12.1 Å². The highest BCUT2D eigenvalue weighted by atomic mass is 19.1. The number of rotatable bonds is 1. The largest absolute Gasteiger partial charge is 0.466 e. The summed E-state index contributed by atoms with van der Waals surface area (Å²) in [6.07, 6.45) is -0.0778. The molecule has 0 spiro atoms. The standard InChI is InChI=1S/C7H9FO4/c1-11-6(10)7(8)4-12-3-2-5(7)9/h2-4H2,1H3/t7-/m1/s1. The van der Waals surface area contributed by atoms with E-state index in [-0.39, 0.29) is 13.0 Å². The first-order valence-electron chi connectivity index (χ1n) is 3.49. The molecule has 0 radical (unpaired) electrons. The van der Waals surface area contributed by atoms with Crippen LogP contribution in [0, 0.1) is 0 Å². The summed E-state index contributed by atoms with van der Waals surface area (Å²) in [6.45, 7) is -0.361. The minimum absolute atomic E-state index is 0.0778. The smallest absolute Gasteiger partial charge is 0.354 e. The summed E-state index contributed by atoms with van der Waals surface area (Å²) in [4.78, 5) is 21.8. The number of halogens is 1. The van der Waals surface area contributed by atoms with E-state index in [4.69, 9.17) is 0 Å². The van der Waals surface area contributed by atoms with E-state index in [1.165, 1.54) is 0 Å². The predicted octanol–water partition coefficient (Wildman–Crippen LogP) is -0.143. The van der Waals surface area contributed by atoms with Crippen LogP contribution in [0.2, 0.25) is 0 Å². The Morgan fingerprint density at radius 2 is 2.42 bits per heavy atom. The topological polar surface area (TPSA) is 52.6 Å². The zero-order valence-electron chi connectivity index (χ0n) is 6.63. The molecule has 1 saturated heterocycles. The number of alkyl halides is 1. The lowest BCUT2D eigenvalue weighted by Gasteiger charge is -2.24. The van der Waals surface area contributed by atoms with Crippen LogP contribution in [0.3, 0.4) is 0 Å². The molecule has 1 rings (SSSR count). The molecule has 1 heterocycles. The van der Waals surface area contributed by atoms with Crippen LogP contribution in [-0.4, -0.2) is 37.7 Å². The Morgan fingerprint density at radius 3 is 2.92 bits per heavy atom. The van der Waals surface area contributed by atoms with E-state index in [1.807, 2.05) is 0 Å². The van der Waals surface area contributed by atoms with Gasteiger partial charge in [-0.05, 0) is 0 Å². The van der Waals surface area contributed by atoms with Crippen LogP contribution in [0.5, 0.6) is 0 Å². The molecule has 0 unspecified atom stereocenters. The maximum atomic E-state index is 13.4. The Hall–Kier alpha value is -0.970. The van der Waals surface area contributed by atoms with Gasteiger partial charge >= 0.3 is 5.97 Å². The third-order valence-electron chi connectivity index (χ3n) is 1.73. The van der Waals surface area contributed by atoms with E-state index in [0.29, 0.717) is 0 Å². The van der Waals surface area contributed by atoms with Gasteiger partial charge in [0.1, 0.15) is 0 Å². The SMILES string of the molecule is COC(=O)[C@@]1(F)COCCC1=O. The fraction of sp³-hybridized carbons (Fsp3) is 0.714. The number of carbonyl (C=O) groups is 2. The number of hydrogen-bond donors (Lipinski definition) is 0. The van der Waals surface area contributed by atoms with Crippen LogP contribution >= 0.6 is 0 Å². The summed E-state index contributed by atoms with van der Waals surface area (Å²) >= 11 is 0. The van der Waals surface area contributed by atoms with Gasteiger partial charge in [0, 0.05) is 6.42 Å². The van der Waals surface area contributed by atoms with Gasteiger partial charge in [-0.1, -0.05) is 0 Å². The molecule has 0 aliphatic carbocycles. The molecule has 1 aliphatic rings. The molecule has 1 fully saturated rings. The molecule has 0 saturated carbocycles. The van der Waals surface area contributed by atoms with Crippen molar-refractivity contribution in [3.05, 3.63) is 0 Å². The average Bonchev–Trinajstić information content (AvgIpc) is 2.09. The molecule has 1 atom stereocenters. The van der Waals surface area contributed by atoms with Crippen molar-refractivity contribution < 1.29 is 23.5 Å². The minimum Gasteiger partial charge on any atom is -0.466 e. The van der Waals surface area contributed by atoms with Gasteiger partial charge in [-0.3, -0.25) is 4.79 Å². The third-order valence-corrected chi connectivity index (χ3v) is 1.73. The maximum Gasteiger partial charge on any atom is 0.354 e. The first-order chi connectivity index (χ1) is 5.61. The zero-order chi connectivity index (χ0) is 9.19. The number of esters is 1. The maximum absolute atomic E-state index is 13.4. The highest BCUT2D eigenvalue weighted by Gasteiger charge is 2.49. The number of Topliss-reactive ketones (excluding diaryl/α,β-unsaturated/α-hetero) is 1. The van der Waals surface area contributed by atoms with E-state index in [1.54, 1.807) is 0 Å². The summed E-state index contributed by atoms with van der Waals surface area (Å²) in [5.74, 6) is -1.94. The molecule has 0 N–H and O–H groups in total. The monoisotopic (exact) mass is 176 g/mol. The molecule has 0 aromatic heterocycles. The van der Waals surface area contributed by atoms with Crippen LogP contribution in [0.4, 0.5) is 4.39 Å². The molecule has 4 nitrogen and oxygen atoms in total. The van der Waals surface area contributed by atoms with Gasteiger partial charge in [-0.25, -0.2) is 9.18 Å². The fourth-order valence-corrected chi connectivity index (χ4v) is 0.991. The normalized spacial score (nSPS) is 30.0. The Balaban J connectivity index is 2.79. The first-order valence-corrected chi connectivity index (χ1v) is 3.49. The number of carbonyl (C=O) groups excluding carboxylic acids is 2. The first kappa shape index (κ1) is 9.12. The van der Waals surface area contributed by atoms with Crippen molar-refractivity contribution in [1.82, 2.24) is 0 Å². The van der Waals surface area contributed by atoms with Gasteiger partial charge in [0.05, 0.1) is 20.3 Å². The molecule has 1 aliphatic heterocycles. The lowest BCUT2D eigenvalue weighted by Crippen LogP contribution is -2.50. The number of ketones is 1. The lowest BCUT2D eigenvalue weighted by molar-refractivity contribution is -0.169. The van der Waals surface area contributed by atoms with E-state index < -0.39 is 24.0 Å². The Morgan fingerprint density at radius 1 is 1.75 bits per heavy atom. The third kappa shape index (κ3) is 1.32. The van der Waals surface area contributed by atoms with Gasteiger partial charge in [-0.15, -0.1) is 0 Å². The molecular formula is C7H9FO4. The highest BCUT2D eigenvalue weighted by molar-refractivity contribution is 6.07. The van der Waals surface area contributed by atoms with Gasteiger partial charge in [0.2, 0.25) is 0 Å². The average molecular weight is 176 g/mol. The molecular weight excluding hydrogens is 167 g/mol. The fourth-order valence-electron chi connectivity index (χ4n) is 0.991. The second-order valence-corrected chi connectivity index (χ2v) is 2.52. The van der Waals surface area contributed by atoms with Crippen molar-refractivity contribution in [3.63, 3.8) is 0 Å². The molecule has 68 valence electrons. The van der Waals surface area contributed by atoms with Crippen LogP contribution in [-0.2, 0) is 19.1 Å². The van der Waals surface area contributed by atoms with Crippen LogP contribution in [0.25, 0.3) is 0 Å². The van der Waals surface area contributed by atoms with Gasteiger partial charge < -0.3 is 9.47 Å². The summed E-state index contributed by atoms with van der Waals surface area (Å²) < 4.78 is 22.2. The van der Waals surface area contributed by atoms with E-state index in [9.17, 15) is 14.0 Å². The minimum atomic E-state index is -2.58. The van der Waals surface area contributed by atoms with Crippen molar-refractivity contribution in [1.29, 1.82) is 0 Å². The van der Waals surface area contributed by atoms with Crippen LogP contribution < -0.4 is 0 Å². The van der Waals surface area contributed by atoms with Crippen molar-refractivity contribution in [2.75, 3.05) is 20.3 Å².